The number of aryl methyl sites for hydroxylation is 1. The van der Waals surface area contributed by atoms with E-state index in [9.17, 15) is 4.79 Å². The second kappa shape index (κ2) is 7.38. The average molecular weight is 355 g/mol. The summed E-state index contributed by atoms with van der Waals surface area (Å²) in [7, 11) is 0. The molecule has 2 heterocycles. The molecule has 1 aliphatic rings. The first-order valence-corrected chi connectivity index (χ1v) is 8.92. The third-order valence-corrected chi connectivity index (χ3v) is 4.43. The smallest absolute Gasteiger partial charge is 0.363 e. The lowest BCUT2D eigenvalue weighted by Gasteiger charge is -2.02. The summed E-state index contributed by atoms with van der Waals surface area (Å²) in [4.78, 5) is 16.4. The SMILES string of the molecule is CC[n+]1c(/C=C/C2=NC(=C/c3ccccc3)/C(=O)O2)ccc2ccccc21. The van der Waals surface area contributed by atoms with Gasteiger partial charge in [0, 0.05) is 29.7 Å². The number of aromatic nitrogens is 1. The number of hydrogen-bond acceptors (Lipinski definition) is 3. The van der Waals surface area contributed by atoms with Crippen LogP contribution in [0, 0.1) is 0 Å². The van der Waals surface area contributed by atoms with Crippen molar-refractivity contribution in [3.63, 3.8) is 0 Å². The summed E-state index contributed by atoms with van der Waals surface area (Å²) in [6.07, 6.45) is 5.39. The minimum atomic E-state index is -0.430. The monoisotopic (exact) mass is 355 g/mol. The van der Waals surface area contributed by atoms with Crippen LogP contribution in [0.3, 0.4) is 0 Å². The third kappa shape index (κ3) is 3.55. The fourth-order valence-electron chi connectivity index (χ4n) is 3.14. The number of nitrogens with zero attached hydrogens (tertiary/aromatic N) is 2. The van der Waals surface area contributed by atoms with Crippen molar-refractivity contribution in [1.82, 2.24) is 0 Å². The summed E-state index contributed by atoms with van der Waals surface area (Å²) in [6, 6.07) is 22.0. The lowest BCUT2D eigenvalue weighted by molar-refractivity contribution is -0.669. The maximum atomic E-state index is 12.1. The predicted molar refractivity (Wildman–Crippen MR) is 107 cm³/mol. The van der Waals surface area contributed by atoms with Crippen molar-refractivity contribution < 1.29 is 14.1 Å². The highest BCUT2D eigenvalue weighted by Gasteiger charge is 2.21. The van der Waals surface area contributed by atoms with Crippen LogP contribution in [0.4, 0.5) is 0 Å². The zero-order chi connectivity index (χ0) is 18.6. The van der Waals surface area contributed by atoms with Crippen LogP contribution in [0.5, 0.6) is 0 Å². The molecule has 0 N–H and O–H groups in total. The van der Waals surface area contributed by atoms with Crippen LogP contribution in [-0.2, 0) is 16.1 Å². The van der Waals surface area contributed by atoms with Crippen LogP contribution in [0.1, 0.15) is 18.2 Å². The quantitative estimate of drug-likeness (QED) is 0.401. The molecule has 0 unspecified atom stereocenters. The Labute approximate surface area is 157 Å². The molecule has 2 aromatic carbocycles. The molecule has 4 heteroatoms. The van der Waals surface area contributed by atoms with E-state index in [1.54, 1.807) is 12.2 Å². The average Bonchev–Trinajstić information content (AvgIpc) is 3.06. The molecule has 0 spiro atoms. The van der Waals surface area contributed by atoms with E-state index in [2.05, 4.69) is 40.7 Å². The molecular weight excluding hydrogens is 336 g/mol. The van der Waals surface area contributed by atoms with E-state index < -0.39 is 5.97 Å². The molecule has 0 saturated heterocycles. The molecule has 0 amide bonds. The number of para-hydroxylation sites is 1. The van der Waals surface area contributed by atoms with Gasteiger partial charge in [0.2, 0.25) is 17.1 Å². The van der Waals surface area contributed by atoms with Crippen LogP contribution in [0.2, 0.25) is 0 Å². The largest absolute Gasteiger partial charge is 0.403 e. The van der Waals surface area contributed by atoms with Crippen molar-refractivity contribution in [2.45, 2.75) is 13.5 Å². The fourth-order valence-corrected chi connectivity index (χ4v) is 3.14. The van der Waals surface area contributed by atoms with Gasteiger partial charge >= 0.3 is 5.97 Å². The van der Waals surface area contributed by atoms with E-state index in [0.29, 0.717) is 11.6 Å². The lowest BCUT2D eigenvalue weighted by atomic mass is 10.2. The van der Waals surface area contributed by atoms with Gasteiger partial charge in [-0.25, -0.2) is 9.79 Å². The highest BCUT2D eigenvalue weighted by molar-refractivity contribution is 6.11. The van der Waals surface area contributed by atoms with Gasteiger partial charge in [0.1, 0.15) is 6.54 Å². The minimum Gasteiger partial charge on any atom is -0.403 e. The number of pyridine rings is 1. The van der Waals surface area contributed by atoms with Crippen LogP contribution < -0.4 is 4.57 Å². The van der Waals surface area contributed by atoms with Gasteiger partial charge < -0.3 is 4.74 Å². The third-order valence-electron chi connectivity index (χ3n) is 4.43. The minimum absolute atomic E-state index is 0.304. The van der Waals surface area contributed by atoms with Crippen molar-refractivity contribution in [3.05, 3.63) is 89.8 Å². The van der Waals surface area contributed by atoms with Crippen LogP contribution in [0.15, 0.2) is 83.5 Å². The molecule has 0 fully saturated rings. The van der Waals surface area contributed by atoms with Crippen LogP contribution >= 0.6 is 0 Å². The van der Waals surface area contributed by atoms with Gasteiger partial charge in [-0.3, -0.25) is 0 Å². The van der Waals surface area contributed by atoms with E-state index in [-0.39, 0.29) is 0 Å². The Hall–Kier alpha value is -3.53. The number of carbonyl (C=O) groups excluding carboxylic acids is 1. The van der Waals surface area contributed by atoms with Gasteiger partial charge in [0.25, 0.3) is 0 Å². The Morgan fingerprint density at radius 1 is 0.963 bits per heavy atom. The summed E-state index contributed by atoms with van der Waals surface area (Å²) < 4.78 is 7.49. The molecule has 1 aliphatic heterocycles. The van der Waals surface area contributed by atoms with E-state index in [4.69, 9.17) is 4.74 Å². The normalized spacial score (nSPS) is 15.5. The first kappa shape index (κ1) is 16.9. The van der Waals surface area contributed by atoms with E-state index in [1.807, 2.05) is 48.5 Å². The summed E-state index contributed by atoms with van der Waals surface area (Å²) in [5.74, 6) is -0.127. The zero-order valence-electron chi connectivity index (χ0n) is 15.0. The number of aliphatic imine (C=N–C) groups is 1. The fraction of sp³-hybridized carbons (Fsp3) is 0.0870. The Balaban J connectivity index is 1.64. The first-order chi connectivity index (χ1) is 13.2. The molecule has 132 valence electrons. The van der Waals surface area contributed by atoms with Crippen molar-refractivity contribution in [2.75, 3.05) is 0 Å². The molecule has 0 saturated carbocycles. The highest BCUT2D eigenvalue weighted by atomic mass is 16.6. The number of fused-ring (bicyclic) bond motifs is 1. The van der Waals surface area contributed by atoms with Crippen molar-refractivity contribution in [3.8, 4) is 0 Å². The molecule has 1 aromatic heterocycles. The van der Waals surface area contributed by atoms with Gasteiger partial charge in [0.15, 0.2) is 5.70 Å². The van der Waals surface area contributed by atoms with E-state index in [1.165, 1.54) is 5.39 Å². The number of benzene rings is 2. The van der Waals surface area contributed by atoms with Crippen molar-refractivity contribution in [2.24, 2.45) is 4.99 Å². The molecule has 4 rings (SSSR count). The maximum Gasteiger partial charge on any atom is 0.363 e. The summed E-state index contributed by atoms with van der Waals surface area (Å²) >= 11 is 0. The number of rotatable bonds is 4. The second-order valence-electron chi connectivity index (χ2n) is 6.17. The molecular formula is C23H19N2O2+. The van der Waals surface area contributed by atoms with Crippen molar-refractivity contribution >= 4 is 34.9 Å². The molecule has 0 radical (unpaired) electrons. The molecule has 27 heavy (non-hydrogen) atoms. The molecule has 0 bridgehead atoms. The number of esters is 1. The van der Waals surface area contributed by atoms with Gasteiger partial charge in [-0.15, -0.1) is 0 Å². The van der Waals surface area contributed by atoms with Gasteiger partial charge in [-0.05, 0) is 30.7 Å². The van der Waals surface area contributed by atoms with Crippen LogP contribution in [0.25, 0.3) is 23.1 Å². The Morgan fingerprint density at radius 2 is 1.74 bits per heavy atom. The Morgan fingerprint density at radius 3 is 2.56 bits per heavy atom. The van der Waals surface area contributed by atoms with Gasteiger partial charge in [-0.2, -0.15) is 4.57 Å². The second-order valence-corrected chi connectivity index (χ2v) is 6.17. The molecule has 0 aliphatic carbocycles. The predicted octanol–water partition coefficient (Wildman–Crippen LogP) is 4.16. The highest BCUT2D eigenvalue weighted by Crippen LogP contribution is 2.17. The Kier molecular flexibility index (Phi) is 4.62. The van der Waals surface area contributed by atoms with E-state index >= 15 is 0 Å². The number of hydrogen-bond donors (Lipinski definition) is 0. The zero-order valence-corrected chi connectivity index (χ0v) is 15.0. The first-order valence-electron chi connectivity index (χ1n) is 8.92. The van der Waals surface area contributed by atoms with Crippen molar-refractivity contribution in [1.29, 1.82) is 0 Å². The molecule has 4 nitrogen and oxygen atoms in total. The number of ether oxygens (including phenoxy) is 1. The van der Waals surface area contributed by atoms with Gasteiger partial charge in [-0.1, -0.05) is 42.5 Å². The molecule has 0 atom stereocenters. The topological polar surface area (TPSA) is 42.5 Å². The number of cyclic esters (lactones) is 1. The van der Waals surface area contributed by atoms with Gasteiger partial charge in [0.05, 0.1) is 0 Å². The summed E-state index contributed by atoms with van der Waals surface area (Å²) in [5.41, 5.74) is 3.41. The van der Waals surface area contributed by atoms with Crippen LogP contribution in [-0.4, -0.2) is 11.9 Å². The maximum absolute atomic E-state index is 12.1. The standard InChI is InChI=1S/C23H19N2O2/c1-2-25-19(13-12-18-10-6-7-11-21(18)25)14-15-22-24-20(23(26)27-22)16-17-8-4-3-5-9-17/h3-16H,2H2,1H3/q+1/b15-14+,20-16+. The molecule has 3 aromatic rings. The Bertz CT molecular complexity index is 1100. The summed E-state index contributed by atoms with van der Waals surface area (Å²) in [5, 5.41) is 1.19. The summed E-state index contributed by atoms with van der Waals surface area (Å²) in [6.45, 7) is 2.95. The lowest BCUT2D eigenvalue weighted by Crippen LogP contribution is -2.36. The van der Waals surface area contributed by atoms with E-state index in [0.717, 1.165) is 23.3 Å². The number of carbonyl (C=O) groups is 1.